The van der Waals surface area contributed by atoms with E-state index in [9.17, 15) is 4.79 Å². The molecule has 4 heteroatoms. The lowest BCUT2D eigenvalue weighted by Crippen LogP contribution is -2.36. The highest BCUT2D eigenvalue weighted by molar-refractivity contribution is 5.86. The Bertz CT molecular complexity index is 871. The van der Waals surface area contributed by atoms with Crippen molar-refractivity contribution in [2.24, 2.45) is 0 Å². The van der Waals surface area contributed by atoms with Crippen LogP contribution in [0.5, 0.6) is 5.75 Å². The molecule has 4 nitrogen and oxygen atoms in total. The van der Waals surface area contributed by atoms with E-state index in [-0.39, 0.29) is 12.1 Å². The molecule has 3 aromatic carbocycles. The van der Waals surface area contributed by atoms with Gasteiger partial charge in [0.1, 0.15) is 5.75 Å². The Morgan fingerprint density at radius 3 is 2.64 bits per heavy atom. The molecule has 0 saturated heterocycles. The average Bonchev–Trinajstić information content (AvgIpc) is 2.66. The summed E-state index contributed by atoms with van der Waals surface area (Å²) in [7, 11) is 1.63. The largest absolute Gasteiger partial charge is 0.497 e. The zero-order chi connectivity index (χ0) is 17.6. The summed E-state index contributed by atoms with van der Waals surface area (Å²) >= 11 is 0. The molecular formula is C21H22N2O2. The molecule has 25 heavy (non-hydrogen) atoms. The third kappa shape index (κ3) is 4.10. The number of carbonyl (C=O) groups excluding carboxylic acids is 1. The van der Waals surface area contributed by atoms with Crippen LogP contribution in [0.1, 0.15) is 24.1 Å². The summed E-state index contributed by atoms with van der Waals surface area (Å²) in [6.07, 6.45) is 0. The summed E-state index contributed by atoms with van der Waals surface area (Å²) in [4.78, 5) is 12.2. The lowest BCUT2D eigenvalue weighted by molar-refractivity contribution is 0.237. The molecule has 128 valence electrons. The molecule has 0 aliphatic rings. The fourth-order valence-corrected chi connectivity index (χ4v) is 2.92. The van der Waals surface area contributed by atoms with Gasteiger partial charge in [-0.2, -0.15) is 0 Å². The van der Waals surface area contributed by atoms with Crippen molar-refractivity contribution >= 4 is 16.8 Å². The van der Waals surface area contributed by atoms with Crippen molar-refractivity contribution in [3.8, 4) is 5.75 Å². The van der Waals surface area contributed by atoms with Gasteiger partial charge in [-0.15, -0.1) is 0 Å². The van der Waals surface area contributed by atoms with Gasteiger partial charge in [-0.25, -0.2) is 4.79 Å². The first-order valence-corrected chi connectivity index (χ1v) is 8.32. The number of fused-ring (bicyclic) bond motifs is 1. The van der Waals surface area contributed by atoms with Crippen molar-refractivity contribution in [3.05, 3.63) is 77.9 Å². The lowest BCUT2D eigenvalue weighted by Gasteiger charge is -2.17. The van der Waals surface area contributed by atoms with Gasteiger partial charge in [0, 0.05) is 6.54 Å². The number of amides is 2. The Morgan fingerprint density at radius 2 is 1.80 bits per heavy atom. The van der Waals surface area contributed by atoms with Crippen LogP contribution in [0.4, 0.5) is 4.79 Å². The van der Waals surface area contributed by atoms with E-state index in [4.69, 9.17) is 4.74 Å². The minimum absolute atomic E-state index is 0.0867. The molecule has 2 N–H and O–H groups in total. The highest BCUT2D eigenvalue weighted by Gasteiger charge is 2.12. The van der Waals surface area contributed by atoms with Crippen molar-refractivity contribution < 1.29 is 9.53 Å². The third-order valence-corrected chi connectivity index (χ3v) is 4.22. The standard InChI is InChI=1S/C21H22N2O2/c1-15(19-12-6-9-17-8-3-4-11-20(17)19)23-21(24)22-14-16-7-5-10-18(13-16)25-2/h3-13,15H,14H2,1-2H3,(H2,22,23,24). The molecule has 0 radical (unpaired) electrons. The predicted molar refractivity (Wildman–Crippen MR) is 101 cm³/mol. The molecule has 1 unspecified atom stereocenters. The lowest BCUT2D eigenvalue weighted by atomic mass is 10.00. The Balaban J connectivity index is 1.64. The molecule has 0 fully saturated rings. The second kappa shape index (κ2) is 7.71. The van der Waals surface area contributed by atoms with Crippen LogP contribution >= 0.6 is 0 Å². The van der Waals surface area contributed by atoms with E-state index in [2.05, 4.69) is 34.9 Å². The van der Waals surface area contributed by atoms with Crippen molar-refractivity contribution in [2.45, 2.75) is 19.5 Å². The molecular weight excluding hydrogens is 312 g/mol. The number of hydrogen-bond acceptors (Lipinski definition) is 2. The Labute approximate surface area is 147 Å². The SMILES string of the molecule is COc1cccc(CNC(=O)NC(C)c2cccc3ccccc23)c1. The van der Waals surface area contributed by atoms with Crippen molar-refractivity contribution in [1.82, 2.24) is 10.6 Å². The smallest absolute Gasteiger partial charge is 0.315 e. The van der Waals surface area contributed by atoms with Gasteiger partial charge in [0.05, 0.1) is 13.2 Å². The topological polar surface area (TPSA) is 50.4 Å². The summed E-state index contributed by atoms with van der Waals surface area (Å²) in [5, 5.41) is 8.23. The van der Waals surface area contributed by atoms with Gasteiger partial charge >= 0.3 is 6.03 Å². The van der Waals surface area contributed by atoms with Crippen molar-refractivity contribution in [3.63, 3.8) is 0 Å². The van der Waals surface area contributed by atoms with E-state index < -0.39 is 0 Å². The molecule has 3 aromatic rings. The monoisotopic (exact) mass is 334 g/mol. The van der Waals surface area contributed by atoms with Gasteiger partial charge in [0.25, 0.3) is 0 Å². The van der Waals surface area contributed by atoms with Crippen LogP contribution in [0.25, 0.3) is 10.8 Å². The number of methoxy groups -OCH3 is 1. The molecule has 0 aliphatic carbocycles. The summed E-state index contributed by atoms with van der Waals surface area (Å²) in [5.74, 6) is 0.781. The van der Waals surface area contributed by atoms with Crippen LogP contribution in [-0.2, 0) is 6.54 Å². The second-order valence-corrected chi connectivity index (χ2v) is 5.97. The third-order valence-electron chi connectivity index (χ3n) is 4.22. The molecule has 0 aromatic heterocycles. The maximum atomic E-state index is 12.2. The summed E-state index contributed by atoms with van der Waals surface area (Å²) in [6, 6.07) is 21.7. The molecule has 0 heterocycles. The summed E-state index contributed by atoms with van der Waals surface area (Å²) < 4.78 is 5.20. The Kier molecular flexibility index (Phi) is 5.19. The number of urea groups is 1. The number of carbonyl (C=O) groups is 1. The Hall–Kier alpha value is -3.01. The Morgan fingerprint density at radius 1 is 1.04 bits per heavy atom. The normalized spacial score (nSPS) is 11.8. The van der Waals surface area contributed by atoms with Gasteiger partial charge in [-0.05, 0) is 41.0 Å². The van der Waals surface area contributed by atoms with E-state index in [1.165, 1.54) is 5.39 Å². The molecule has 0 saturated carbocycles. The van der Waals surface area contributed by atoms with Crippen LogP contribution in [0.2, 0.25) is 0 Å². The van der Waals surface area contributed by atoms with E-state index in [0.29, 0.717) is 6.54 Å². The van der Waals surface area contributed by atoms with E-state index in [1.807, 2.05) is 49.4 Å². The van der Waals surface area contributed by atoms with E-state index in [0.717, 1.165) is 22.3 Å². The van der Waals surface area contributed by atoms with Crippen molar-refractivity contribution in [2.75, 3.05) is 7.11 Å². The van der Waals surface area contributed by atoms with Gasteiger partial charge in [0.15, 0.2) is 0 Å². The molecule has 1 atom stereocenters. The van der Waals surface area contributed by atoms with Crippen LogP contribution < -0.4 is 15.4 Å². The minimum Gasteiger partial charge on any atom is -0.497 e. The first kappa shape index (κ1) is 16.8. The zero-order valence-corrected chi connectivity index (χ0v) is 14.5. The predicted octanol–water partition coefficient (Wildman–Crippen LogP) is 4.41. The molecule has 0 aliphatic heterocycles. The van der Waals surface area contributed by atoms with Crippen LogP contribution in [0.15, 0.2) is 66.7 Å². The fourth-order valence-electron chi connectivity index (χ4n) is 2.92. The maximum Gasteiger partial charge on any atom is 0.315 e. The molecule has 0 bridgehead atoms. The average molecular weight is 334 g/mol. The number of rotatable bonds is 5. The highest BCUT2D eigenvalue weighted by Crippen LogP contribution is 2.23. The van der Waals surface area contributed by atoms with Crippen LogP contribution in [0.3, 0.4) is 0 Å². The first-order valence-electron chi connectivity index (χ1n) is 8.32. The van der Waals surface area contributed by atoms with Gasteiger partial charge in [-0.1, -0.05) is 54.6 Å². The maximum absolute atomic E-state index is 12.2. The number of benzene rings is 3. The van der Waals surface area contributed by atoms with Crippen LogP contribution in [-0.4, -0.2) is 13.1 Å². The van der Waals surface area contributed by atoms with Gasteiger partial charge in [-0.3, -0.25) is 0 Å². The van der Waals surface area contributed by atoms with Crippen LogP contribution in [0, 0.1) is 0 Å². The zero-order valence-electron chi connectivity index (χ0n) is 14.5. The second-order valence-electron chi connectivity index (χ2n) is 5.97. The molecule has 2 amide bonds. The minimum atomic E-state index is -0.191. The van der Waals surface area contributed by atoms with E-state index in [1.54, 1.807) is 7.11 Å². The highest BCUT2D eigenvalue weighted by atomic mass is 16.5. The molecule has 3 rings (SSSR count). The number of hydrogen-bond donors (Lipinski definition) is 2. The van der Waals surface area contributed by atoms with Gasteiger partial charge in [0.2, 0.25) is 0 Å². The summed E-state index contributed by atoms with van der Waals surface area (Å²) in [6.45, 7) is 2.44. The van der Waals surface area contributed by atoms with Gasteiger partial charge < -0.3 is 15.4 Å². The molecule has 0 spiro atoms. The number of ether oxygens (including phenoxy) is 1. The van der Waals surface area contributed by atoms with E-state index >= 15 is 0 Å². The first-order chi connectivity index (χ1) is 12.2. The van der Waals surface area contributed by atoms with Crippen molar-refractivity contribution in [1.29, 1.82) is 0 Å². The quantitative estimate of drug-likeness (QED) is 0.726. The number of nitrogens with one attached hydrogen (secondary N) is 2. The fraction of sp³-hybridized carbons (Fsp3) is 0.190. The summed E-state index contributed by atoms with van der Waals surface area (Å²) in [5.41, 5.74) is 2.10.